The predicted octanol–water partition coefficient (Wildman–Crippen LogP) is 0.500. The van der Waals surface area contributed by atoms with Gasteiger partial charge >= 0.3 is 0 Å². The van der Waals surface area contributed by atoms with E-state index < -0.39 is 0 Å². The molecule has 0 saturated heterocycles. The fraction of sp³-hybridized carbons (Fsp3) is 0.250. The van der Waals surface area contributed by atoms with E-state index in [4.69, 9.17) is 0 Å². The number of rotatable bonds is 3. The Kier molecular flexibility index (Phi) is 2.72. The molecule has 0 fully saturated rings. The van der Waals surface area contributed by atoms with Crippen molar-refractivity contribution in [1.82, 2.24) is 25.9 Å². The molecule has 0 aliphatic heterocycles. The van der Waals surface area contributed by atoms with Gasteiger partial charge in [0.2, 0.25) is 0 Å². The van der Waals surface area contributed by atoms with Gasteiger partial charge in [-0.1, -0.05) is 0 Å². The van der Waals surface area contributed by atoms with Crippen LogP contribution in [0.4, 0.5) is 0 Å². The molecule has 0 aliphatic rings. The maximum Gasteiger partial charge on any atom is 0.293 e. The zero-order valence-electron chi connectivity index (χ0n) is 8.02. The van der Waals surface area contributed by atoms with Crippen LogP contribution < -0.4 is 5.32 Å². The molecule has 2 heterocycles. The highest BCUT2D eigenvalue weighted by atomic mass is 32.1. The second-order valence-corrected chi connectivity index (χ2v) is 3.74. The lowest BCUT2D eigenvalue weighted by Gasteiger charge is -2.00. The van der Waals surface area contributed by atoms with Crippen LogP contribution in [0.3, 0.4) is 0 Å². The third-order valence-corrected chi connectivity index (χ3v) is 2.86. The summed E-state index contributed by atoms with van der Waals surface area (Å²) in [7, 11) is 0. The Bertz CT molecular complexity index is 449. The largest absolute Gasteiger partial charge is 0.345 e. The van der Waals surface area contributed by atoms with Gasteiger partial charge in [-0.2, -0.15) is 16.6 Å². The zero-order chi connectivity index (χ0) is 10.7. The van der Waals surface area contributed by atoms with Crippen molar-refractivity contribution in [3.63, 3.8) is 0 Å². The van der Waals surface area contributed by atoms with Gasteiger partial charge in [0.05, 0.1) is 0 Å². The number of thiophene rings is 1. The number of tetrazole rings is 1. The molecule has 0 saturated carbocycles. The van der Waals surface area contributed by atoms with Crippen molar-refractivity contribution in [3.8, 4) is 0 Å². The maximum absolute atomic E-state index is 11.4. The Morgan fingerprint density at radius 3 is 3.07 bits per heavy atom. The molecule has 2 aromatic heterocycles. The van der Waals surface area contributed by atoms with Crippen LogP contribution in [0, 0.1) is 6.92 Å². The monoisotopic (exact) mass is 223 g/mol. The van der Waals surface area contributed by atoms with Crippen LogP contribution in [0.2, 0.25) is 0 Å². The topological polar surface area (TPSA) is 83.6 Å². The summed E-state index contributed by atoms with van der Waals surface area (Å²) in [5.41, 5.74) is 2.28. The molecule has 0 radical (unpaired) electrons. The summed E-state index contributed by atoms with van der Waals surface area (Å²) in [4.78, 5) is 11.4. The van der Waals surface area contributed by atoms with E-state index in [9.17, 15) is 4.79 Å². The number of aromatic nitrogens is 4. The first-order valence-electron chi connectivity index (χ1n) is 4.30. The maximum atomic E-state index is 11.4. The van der Waals surface area contributed by atoms with Crippen molar-refractivity contribution in [3.05, 3.63) is 27.7 Å². The molecular formula is C8H9N5OS. The van der Waals surface area contributed by atoms with E-state index in [0.717, 1.165) is 5.56 Å². The minimum atomic E-state index is -0.325. The molecule has 1 amide bonds. The van der Waals surface area contributed by atoms with Crippen LogP contribution in [0.1, 0.15) is 21.7 Å². The summed E-state index contributed by atoms with van der Waals surface area (Å²) in [5.74, 6) is -0.266. The van der Waals surface area contributed by atoms with E-state index in [0.29, 0.717) is 6.54 Å². The second kappa shape index (κ2) is 4.18. The van der Waals surface area contributed by atoms with E-state index in [2.05, 4.69) is 25.9 Å². The van der Waals surface area contributed by atoms with Gasteiger partial charge in [-0.15, -0.1) is 10.2 Å². The van der Waals surface area contributed by atoms with Crippen molar-refractivity contribution in [2.24, 2.45) is 0 Å². The molecule has 0 aromatic carbocycles. The van der Waals surface area contributed by atoms with Crippen LogP contribution in [0.5, 0.6) is 0 Å². The Balaban J connectivity index is 1.95. The van der Waals surface area contributed by atoms with Crippen molar-refractivity contribution < 1.29 is 4.79 Å². The molecule has 0 spiro atoms. The SMILES string of the molecule is Cc1cscc1CNC(=O)c1nn[nH]n1. The van der Waals surface area contributed by atoms with Gasteiger partial charge in [0.15, 0.2) is 0 Å². The first kappa shape index (κ1) is 9.78. The number of carbonyl (C=O) groups is 1. The van der Waals surface area contributed by atoms with Crippen LogP contribution in [-0.2, 0) is 6.54 Å². The highest BCUT2D eigenvalue weighted by Crippen LogP contribution is 2.12. The standard InChI is InChI=1S/C8H9N5OS/c1-5-3-15-4-6(5)2-9-8(14)7-10-12-13-11-7/h3-4H,2H2,1H3,(H,9,14)(H,10,11,12,13). The van der Waals surface area contributed by atoms with E-state index >= 15 is 0 Å². The smallest absolute Gasteiger partial charge is 0.293 e. The van der Waals surface area contributed by atoms with Gasteiger partial charge < -0.3 is 5.32 Å². The number of amides is 1. The van der Waals surface area contributed by atoms with Gasteiger partial charge in [0, 0.05) is 6.54 Å². The lowest BCUT2D eigenvalue weighted by molar-refractivity contribution is 0.0940. The number of H-pyrrole nitrogens is 1. The van der Waals surface area contributed by atoms with Gasteiger partial charge in [-0.25, -0.2) is 0 Å². The van der Waals surface area contributed by atoms with Gasteiger partial charge in [-0.3, -0.25) is 4.79 Å². The third kappa shape index (κ3) is 2.18. The summed E-state index contributed by atoms with van der Waals surface area (Å²) < 4.78 is 0. The molecule has 0 aliphatic carbocycles. The predicted molar refractivity (Wildman–Crippen MR) is 54.4 cm³/mol. The summed E-state index contributed by atoms with van der Waals surface area (Å²) in [6.45, 7) is 2.50. The Morgan fingerprint density at radius 2 is 2.47 bits per heavy atom. The molecule has 0 unspecified atom stereocenters. The van der Waals surface area contributed by atoms with Crippen molar-refractivity contribution in [2.75, 3.05) is 0 Å². The summed E-state index contributed by atoms with van der Waals surface area (Å²) in [5, 5.41) is 19.5. The second-order valence-electron chi connectivity index (χ2n) is 3.00. The molecule has 0 bridgehead atoms. The van der Waals surface area contributed by atoms with Gasteiger partial charge in [0.1, 0.15) is 0 Å². The lowest BCUT2D eigenvalue weighted by Crippen LogP contribution is -2.24. The molecule has 78 valence electrons. The van der Waals surface area contributed by atoms with Crippen molar-refractivity contribution in [1.29, 1.82) is 0 Å². The first-order valence-corrected chi connectivity index (χ1v) is 5.25. The van der Waals surface area contributed by atoms with Gasteiger partial charge in [-0.05, 0) is 34.0 Å². The molecular weight excluding hydrogens is 214 g/mol. The fourth-order valence-corrected chi connectivity index (χ4v) is 1.94. The third-order valence-electron chi connectivity index (χ3n) is 1.95. The average Bonchev–Trinajstić information content (AvgIpc) is 2.85. The number of aromatic amines is 1. The molecule has 2 aromatic rings. The molecule has 0 atom stereocenters. The highest BCUT2D eigenvalue weighted by Gasteiger charge is 2.10. The Hall–Kier alpha value is -1.76. The fourth-order valence-electron chi connectivity index (χ4n) is 1.08. The molecule has 6 nitrogen and oxygen atoms in total. The molecule has 15 heavy (non-hydrogen) atoms. The lowest BCUT2D eigenvalue weighted by atomic mass is 10.2. The number of nitrogens with one attached hydrogen (secondary N) is 2. The highest BCUT2D eigenvalue weighted by molar-refractivity contribution is 7.08. The van der Waals surface area contributed by atoms with Crippen LogP contribution in [0.15, 0.2) is 10.8 Å². The zero-order valence-corrected chi connectivity index (χ0v) is 8.84. The van der Waals surface area contributed by atoms with Crippen LogP contribution in [-0.4, -0.2) is 26.5 Å². The van der Waals surface area contributed by atoms with E-state index in [1.165, 1.54) is 5.56 Å². The number of hydrogen-bond donors (Lipinski definition) is 2. The normalized spacial score (nSPS) is 10.2. The van der Waals surface area contributed by atoms with E-state index in [1.54, 1.807) is 11.3 Å². The summed E-state index contributed by atoms with van der Waals surface area (Å²) >= 11 is 1.61. The molecule has 2 N–H and O–H groups in total. The summed E-state index contributed by atoms with van der Waals surface area (Å²) in [6, 6.07) is 0. The Labute approximate surface area is 89.7 Å². The van der Waals surface area contributed by atoms with E-state index in [-0.39, 0.29) is 11.7 Å². The van der Waals surface area contributed by atoms with Crippen LogP contribution in [0.25, 0.3) is 0 Å². The van der Waals surface area contributed by atoms with Crippen molar-refractivity contribution >= 4 is 17.2 Å². The Morgan fingerprint density at radius 1 is 1.60 bits per heavy atom. The van der Waals surface area contributed by atoms with Gasteiger partial charge in [0.25, 0.3) is 11.7 Å². The average molecular weight is 223 g/mol. The number of carbonyl (C=O) groups excluding carboxylic acids is 1. The van der Waals surface area contributed by atoms with Crippen LogP contribution >= 0.6 is 11.3 Å². The van der Waals surface area contributed by atoms with Crippen molar-refractivity contribution in [2.45, 2.75) is 13.5 Å². The minimum Gasteiger partial charge on any atom is -0.345 e. The quantitative estimate of drug-likeness (QED) is 0.793. The number of nitrogens with zero attached hydrogens (tertiary/aromatic N) is 3. The number of hydrogen-bond acceptors (Lipinski definition) is 5. The molecule has 7 heteroatoms. The first-order chi connectivity index (χ1) is 7.27. The minimum absolute atomic E-state index is 0.0582. The van der Waals surface area contributed by atoms with E-state index in [1.807, 2.05) is 17.7 Å². The summed E-state index contributed by atoms with van der Waals surface area (Å²) in [6.07, 6.45) is 0. The number of aryl methyl sites for hydroxylation is 1. The molecule has 2 rings (SSSR count).